The second-order valence-electron chi connectivity index (χ2n) is 5.56. The maximum absolute atomic E-state index is 11.6. The number of alkyl carbamates (subject to hydrolysis) is 1. The summed E-state index contributed by atoms with van der Waals surface area (Å²) in [5.74, 6) is 0. The van der Waals surface area contributed by atoms with E-state index in [2.05, 4.69) is 29.6 Å². The Morgan fingerprint density at radius 3 is 2.60 bits per heavy atom. The number of rotatable bonds is 6. The maximum Gasteiger partial charge on any atom is 0.407 e. The molecule has 110 valence electrons. The summed E-state index contributed by atoms with van der Waals surface area (Å²) in [6.07, 6.45) is 8.74. The highest BCUT2D eigenvalue weighted by atomic mass is 16.5. The molecular formula is C17H25NO2. The SMILES string of the molecule is O=C(NC1CCCCC1)OCCCCc1ccccc1. The van der Waals surface area contributed by atoms with Gasteiger partial charge in [-0.25, -0.2) is 4.79 Å². The zero-order valence-corrected chi connectivity index (χ0v) is 12.1. The second kappa shape index (κ2) is 8.62. The highest BCUT2D eigenvalue weighted by Crippen LogP contribution is 2.17. The van der Waals surface area contributed by atoms with Crippen molar-refractivity contribution < 1.29 is 9.53 Å². The van der Waals surface area contributed by atoms with Crippen LogP contribution in [0.4, 0.5) is 4.79 Å². The predicted octanol–water partition coefficient (Wildman–Crippen LogP) is 4.07. The summed E-state index contributed by atoms with van der Waals surface area (Å²) in [5.41, 5.74) is 1.35. The van der Waals surface area contributed by atoms with Crippen molar-refractivity contribution in [2.24, 2.45) is 0 Å². The molecule has 1 amide bonds. The normalized spacial score (nSPS) is 15.8. The van der Waals surface area contributed by atoms with Crippen LogP contribution < -0.4 is 5.32 Å². The van der Waals surface area contributed by atoms with Gasteiger partial charge < -0.3 is 10.1 Å². The fourth-order valence-corrected chi connectivity index (χ4v) is 2.70. The van der Waals surface area contributed by atoms with Crippen molar-refractivity contribution in [1.82, 2.24) is 5.32 Å². The molecule has 3 heteroatoms. The molecule has 0 atom stereocenters. The summed E-state index contributed by atoms with van der Waals surface area (Å²) in [5, 5.41) is 2.97. The molecule has 0 bridgehead atoms. The molecule has 1 saturated carbocycles. The van der Waals surface area contributed by atoms with Crippen LogP contribution >= 0.6 is 0 Å². The minimum Gasteiger partial charge on any atom is -0.450 e. The van der Waals surface area contributed by atoms with Crippen LogP contribution in [0.1, 0.15) is 50.5 Å². The van der Waals surface area contributed by atoms with Crippen LogP contribution in [-0.4, -0.2) is 18.7 Å². The van der Waals surface area contributed by atoms with Gasteiger partial charge in [-0.3, -0.25) is 0 Å². The van der Waals surface area contributed by atoms with Gasteiger partial charge in [0.05, 0.1) is 6.61 Å². The monoisotopic (exact) mass is 275 g/mol. The van der Waals surface area contributed by atoms with Gasteiger partial charge in [0.25, 0.3) is 0 Å². The van der Waals surface area contributed by atoms with Crippen molar-refractivity contribution in [3.05, 3.63) is 35.9 Å². The highest BCUT2D eigenvalue weighted by molar-refractivity contribution is 5.67. The number of carbonyl (C=O) groups excluding carboxylic acids is 1. The molecule has 1 N–H and O–H groups in total. The fourth-order valence-electron chi connectivity index (χ4n) is 2.70. The number of unbranched alkanes of at least 4 members (excludes halogenated alkanes) is 1. The first kappa shape index (κ1) is 14.9. The largest absolute Gasteiger partial charge is 0.450 e. The standard InChI is InChI=1S/C17H25NO2/c19-17(18-16-12-5-2-6-13-16)20-14-8-7-11-15-9-3-1-4-10-15/h1,3-4,9-10,16H,2,5-8,11-14H2,(H,18,19). The number of aryl methyl sites for hydroxylation is 1. The lowest BCUT2D eigenvalue weighted by Crippen LogP contribution is -2.36. The molecular weight excluding hydrogens is 250 g/mol. The number of ether oxygens (including phenoxy) is 1. The Morgan fingerprint density at radius 1 is 1.10 bits per heavy atom. The van der Waals surface area contributed by atoms with Crippen molar-refractivity contribution in [2.45, 2.75) is 57.4 Å². The second-order valence-corrected chi connectivity index (χ2v) is 5.56. The van der Waals surface area contributed by atoms with E-state index in [-0.39, 0.29) is 6.09 Å². The first-order valence-corrected chi connectivity index (χ1v) is 7.82. The third kappa shape index (κ3) is 5.64. The van der Waals surface area contributed by atoms with Crippen LogP contribution in [0.5, 0.6) is 0 Å². The molecule has 0 aliphatic heterocycles. The van der Waals surface area contributed by atoms with Crippen LogP contribution in [0.2, 0.25) is 0 Å². The fraction of sp³-hybridized carbons (Fsp3) is 0.588. The van der Waals surface area contributed by atoms with Crippen molar-refractivity contribution in [2.75, 3.05) is 6.61 Å². The lowest BCUT2D eigenvalue weighted by molar-refractivity contribution is 0.137. The van der Waals surface area contributed by atoms with E-state index >= 15 is 0 Å². The molecule has 1 aromatic rings. The van der Waals surface area contributed by atoms with Crippen molar-refractivity contribution in [1.29, 1.82) is 0 Å². The Balaban J connectivity index is 1.51. The van der Waals surface area contributed by atoms with Crippen LogP contribution in [0.3, 0.4) is 0 Å². The maximum atomic E-state index is 11.6. The summed E-state index contributed by atoms with van der Waals surface area (Å²) >= 11 is 0. The highest BCUT2D eigenvalue weighted by Gasteiger charge is 2.15. The Labute approximate surface area is 121 Å². The average molecular weight is 275 g/mol. The molecule has 3 nitrogen and oxygen atoms in total. The summed E-state index contributed by atoms with van der Waals surface area (Å²) in [6.45, 7) is 0.519. The Kier molecular flexibility index (Phi) is 6.42. The summed E-state index contributed by atoms with van der Waals surface area (Å²) in [4.78, 5) is 11.6. The van der Waals surface area contributed by atoms with Gasteiger partial charge >= 0.3 is 6.09 Å². The van der Waals surface area contributed by atoms with E-state index in [9.17, 15) is 4.79 Å². The first-order chi connectivity index (χ1) is 9.84. The summed E-state index contributed by atoms with van der Waals surface area (Å²) in [7, 11) is 0. The van der Waals surface area contributed by atoms with Gasteiger partial charge in [0.1, 0.15) is 0 Å². The first-order valence-electron chi connectivity index (χ1n) is 7.82. The molecule has 0 unspecified atom stereocenters. The van der Waals surface area contributed by atoms with Crippen LogP contribution in [-0.2, 0) is 11.2 Å². The van der Waals surface area contributed by atoms with E-state index < -0.39 is 0 Å². The van der Waals surface area contributed by atoms with E-state index in [0.29, 0.717) is 12.6 Å². The molecule has 2 rings (SSSR count). The van der Waals surface area contributed by atoms with Gasteiger partial charge in [0, 0.05) is 6.04 Å². The number of benzene rings is 1. The van der Waals surface area contributed by atoms with E-state index in [1.54, 1.807) is 0 Å². The molecule has 20 heavy (non-hydrogen) atoms. The number of carbonyl (C=O) groups is 1. The Morgan fingerprint density at radius 2 is 1.85 bits per heavy atom. The van der Waals surface area contributed by atoms with E-state index in [0.717, 1.165) is 32.1 Å². The Bertz CT molecular complexity index is 385. The van der Waals surface area contributed by atoms with E-state index in [1.807, 2.05) is 6.07 Å². The van der Waals surface area contributed by atoms with Crippen molar-refractivity contribution >= 4 is 6.09 Å². The van der Waals surface area contributed by atoms with Crippen LogP contribution in [0.15, 0.2) is 30.3 Å². The topological polar surface area (TPSA) is 38.3 Å². The summed E-state index contributed by atoms with van der Waals surface area (Å²) in [6, 6.07) is 10.8. The van der Waals surface area contributed by atoms with Gasteiger partial charge in [-0.2, -0.15) is 0 Å². The molecule has 0 radical (unpaired) electrons. The average Bonchev–Trinajstić information content (AvgIpc) is 2.49. The van der Waals surface area contributed by atoms with Crippen LogP contribution in [0.25, 0.3) is 0 Å². The van der Waals surface area contributed by atoms with Gasteiger partial charge in [-0.15, -0.1) is 0 Å². The smallest absolute Gasteiger partial charge is 0.407 e. The molecule has 0 heterocycles. The quantitative estimate of drug-likeness (QED) is 0.795. The van der Waals surface area contributed by atoms with Gasteiger partial charge in [0.15, 0.2) is 0 Å². The number of hydrogen-bond donors (Lipinski definition) is 1. The zero-order valence-electron chi connectivity index (χ0n) is 12.1. The summed E-state index contributed by atoms with van der Waals surface area (Å²) < 4.78 is 5.23. The minimum atomic E-state index is -0.239. The third-order valence-corrected chi connectivity index (χ3v) is 3.86. The van der Waals surface area contributed by atoms with E-state index in [4.69, 9.17) is 4.74 Å². The molecule has 1 aromatic carbocycles. The van der Waals surface area contributed by atoms with Gasteiger partial charge in [-0.1, -0.05) is 49.6 Å². The number of amides is 1. The minimum absolute atomic E-state index is 0.239. The molecule has 1 fully saturated rings. The Hall–Kier alpha value is -1.51. The molecule has 1 aliphatic rings. The van der Waals surface area contributed by atoms with E-state index in [1.165, 1.54) is 24.8 Å². The van der Waals surface area contributed by atoms with Crippen molar-refractivity contribution in [3.8, 4) is 0 Å². The molecule has 0 aromatic heterocycles. The predicted molar refractivity (Wildman–Crippen MR) is 80.7 cm³/mol. The van der Waals surface area contributed by atoms with Crippen LogP contribution in [0, 0.1) is 0 Å². The number of hydrogen-bond acceptors (Lipinski definition) is 2. The molecule has 0 spiro atoms. The molecule has 0 saturated heterocycles. The lowest BCUT2D eigenvalue weighted by atomic mass is 9.96. The van der Waals surface area contributed by atoms with Gasteiger partial charge in [0.2, 0.25) is 0 Å². The third-order valence-electron chi connectivity index (χ3n) is 3.86. The lowest BCUT2D eigenvalue weighted by Gasteiger charge is -2.22. The molecule has 1 aliphatic carbocycles. The van der Waals surface area contributed by atoms with Crippen molar-refractivity contribution in [3.63, 3.8) is 0 Å². The zero-order chi connectivity index (χ0) is 14.0. The van der Waals surface area contributed by atoms with Gasteiger partial charge in [-0.05, 0) is 37.7 Å². The number of nitrogens with one attached hydrogen (secondary N) is 1.